The fourth-order valence-corrected chi connectivity index (χ4v) is 5.42. The molecule has 3 aromatic carbocycles. The molecule has 7 nitrogen and oxygen atoms in total. The van der Waals surface area contributed by atoms with Gasteiger partial charge in [0.1, 0.15) is 11.5 Å². The lowest BCUT2D eigenvalue weighted by Gasteiger charge is -2.35. The minimum absolute atomic E-state index is 0.0810. The number of methoxy groups -OCH3 is 1. The molecular formula is C25H25ClN2O5S. The van der Waals surface area contributed by atoms with Gasteiger partial charge in [-0.1, -0.05) is 42.8 Å². The second-order valence-corrected chi connectivity index (χ2v) is 10.1. The molecule has 4 rings (SSSR count). The number of amides is 1. The molecule has 1 amide bonds. The molecule has 3 aromatic rings. The Kier molecular flexibility index (Phi) is 7.00. The zero-order chi connectivity index (χ0) is 24.3. The van der Waals surface area contributed by atoms with E-state index >= 15 is 0 Å². The molecule has 0 fully saturated rings. The van der Waals surface area contributed by atoms with Crippen LogP contribution >= 0.6 is 11.6 Å². The number of fused-ring (bicyclic) bond motifs is 1. The van der Waals surface area contributed by atoms with Gasteiger partial charge in [-0.15, -0.1) is 0 Å². The molecular weight excluding hydrogens is 476 g/mol. The number of halogens is 1. The first-order valence-corrected chi connectivity index (χ1v) is 12.6. The van der Waals surface area contributed by atoms with Crippen LogP contribution in [0.5, 0.6) is 11.5 Å². The molecule has 0 spiro atoms. The first kappa shape index (κ1) is 23.9. The Balaban J connectivity index is 1.60. The summed E-state index contributed by atoms with van der Waals surface area (Å²) in [6.45, 7) is 1.80. The van der Waals surface area contributed by atoms with Crippen molar-refractivity contribution in [3.05, 3.63) is 83.4 Å². The fraction of sp³-hybridized carbons (Fsp3) is 0.240. The van der Waals surface area contributed by atoms with Crippen LogP contribution in [0.4, 0.5) is 5.69 Å². The highest BCUT2D eigenvalue weighted by Gasteiger charge is 2.38. The van der Waals surface area contributed by atoms with Crippen LogP contribution in [0, 0.1) is 0 Å². The number of rotatable bonds is 7. The second kappa shape index (κ2) is 9.95. The average Bonchev–Trinajstić information content (AvgIpc) is 2.86. The number of carbonyl (C=O) groups is 1. The van der Waals surface area contributed by atoms with E-state index in [0.717, 1.165) is 11.3 Å². The van der Waals surface area contributed by atoms with E-state index in [1.54, 1.807) is 31.4 Å². The van der Waals surface area contributed by atoms with E-state index in [1.165, 1.54) is 28.6 Å². The first-order valence-electron chi connectivity index (χ1n) is 10.8. The predicted octanol–water partition coefficient (Wildman–Crippen LogP) is 4.57. The molecule has 2 atom stereocenters. The molecule has 0 radical (unpaired) electrons. The van der Waals surface area contributed by atoms with E-state index < -0.39 is 22.0 Å². The summed E-state index contributed by atoms with van der Waals surface area (Å²) < 4.78 is 39.3. The molecule has 0 saturated carbocycles. The summed E-state index contributed by atoms with van der Waals surface area (Å²) in [6, 6.07) is 19.9. The lowest BCUT2D eigenvalue weighted by Crippen LogP contribution is -2.51. The number of benzene rings is 3. The first-order chi connectivity index (χ1) is 16.3. The molecule has 1 aliphatic rings. The molecule has 34 heavy (non-hydrogen) atoms. The average molecular weight is 501 g/mol. The summed E-state index contributed by atoms with van der Waals surface area (Å²) in [7, 11) is -2.36. The number of anilines is 1. The third-order valence-corrected chi connectivity index (χ3v) is 7.72. The third-order valence-electron chi connectivity index (χ3n) is 5.67. The van der Waals surface area contributed by atoms with Gasteiger partial charge in [0.25, 0.3) is 15.9 Å². The Labute approximate surface area is 204 Å². The highest BCUT2D eigenvalue weighted by molar-refractivity contribution is 7.92. The number of nitrogens with one attached hydrogen (secondary N) is 1. The Hall–Kier alpha value is -3.23. The van der Waals surface area contributed by atoms with Crippen molar-refractivity contribution in [2.24, 2.45) is 0 Å². The van der Waals surface area contributed by atoms with Crippen LogP contribution in [0.1, 0.15) is 24.9 Å². The van der Waals surface area contributed by atoms with Gasteiger partial charge >= 0.3 is 0 Å². The van der Waals surface area contributed by atoms with Gasteiger partial charge < -0.3 is 14.8 Å². The van der Waals surface area contributed by atoms with Gasteiger partial charge in [-0.25, -0.2) is 8.42 Å². The standard InChI is InChI=1S/C25H25ClN2O5S/c1-3-21(17-8-12-19(32-2)13-9-17)27-25(29)24-16-28(22-6-4-5-7-23(22)33-24)34(30,31)20-14-10-18(26)11-15-20/h4-15,21,24H,3,16H2,1-2H3,(H,27,29). The van der Waals surface area contributed by atoms with Gasteiger partial charge in [0.05, 0.1) is 30.3 Å². The summed E-state index contributed by atoms with van der Waals surface area (Å²) >= 11 is 5.93. The number of hydrogen-bond donors (Lipinski definition) is 1. The van der Waals surface area contributed by atoms with Crippen molar-refractivity contribution >= 4 is 33.2 Å². The third kappa shape index (κ3) is 4.83. The van der Waals surface area contributed by atoms with Crippen LogP contribution in [0.2, 0.25) is 5.02 Å². The van der Waals surface area contributed by atoms with Crippen molar-refractivity contribution in [2.75, 3.05) is 18.0 Å². The van der Waals surface area contributed by atoms with Crippen LogP contribution in [0.15, 0.2) is 77.7 Å². The summed E-state index contributed by atoms with van der Waals surface area (Å²) in [6.07, 6.45) is -0.377. The maximum atomic E-state index is 13.5. The van der Waals surface area contributed by atoms with Crippen LogP contribution in [-0.4, -0.2) is 34.1 Å². The summed E-state index contributed by atoms with van der Waals surface area (Å²) in [5.41, 5.74) is 1.29. The lowest BCUT2D eigenvalue weighted by molar-refractivity contribution is -0.128. The highest BCUT2D eigenvalue weighted by Crippen LogP contribution is 2.37. The van der Waals surface area contributed by atoms with Gasteiger partial charge in [0.2, 0.25) is 0 Å². The quantitative estimate of drug-likeness (QED) is 0.513. The molecule has 1 N–H and O–H groups in total. The monoisotopic (exact) mass is 500 g/mol. The number of ether oxygens (including phenoxy) is 2. The predicted molar refractivity (Wildman–Crippen MR) is 131 cm³/mol. The van der Waals surface area contributed by atoms with Crippen molar-refractivity contribution in [3.63, 3.8) is 0 Å². The Bertz CT molecular complexity index is 1260. The Morgan fingerprint density at radius 3 is 2.44 bits per heavy atom. The van der Waals surface area contributed by atoms with Crippen LogP contribution in [0.25, 0.3) is 0 Å². The van der Waals surface area contributed by atoms with Crippen molar-refractivity contribution in [1.82, 2.24) is 5.32 Å². The van der Waals surface area contributed by atoms with Gasteiger partial charge in [-0.2, -0.15) is 0 Å². The van der Waals surface area contributed by atoms with Crippen molar-refractivity contribution in [3.8, 4) is 11.5 Å². The second-order valence-electron chi connectivity index (χ2n) is 7.81. The van der Waals surface area contributed by atoms with Gasteiger partial charge in [-0.05, 0) is 60.5 Å². The minimum atomic E-state index is -3.95. The van der Waals surface area contributed by atoms with E-state index in [4.69, 9.17) is 21.1 Å². The molecule has 9 heteroatoms. The normalized spacial score (nSPS) is 16.2. The van der Waals surface area contributed by atoms with Crippen LogP contribution in [0.3, 0.4) is 0 Å². The SMILES string of the molecule is CCC(NC(=O)C1CN(S(=O)(=O)c2ccc(Cl)cc2)c2ccccc2O1)c1ccc(OC)cc1. The van der Waals surface area contributed by atoms with Crippen molar-refractivity contribution in [2.45, 2.75) is 30.4 Å². The maximum absolute atomic E-state index is 13.5. The molecule has 1 aliphatic heterocycles. The number of sulfonamides is 1. The number of para-hydroxylation sites is 2. The summed E-state index contributed by atoms with van der Waals surface area (Å²) in [5, 5.41) is 3.43. The molecule has 178 valence electrons. The summed E-state index contributed by atoms with van der Waals surface area (Å²) in [5.74, 6) is 0.651. The number of hydrogen-bond acceptors (Lipinski definition) is 5. The fourth-order valence-electron chi connectivity index (χ4n) is 3.82. The van der Waals surface area contributed by atoms with Crippen LogP contribution < -0.4 is 19.1 Å². The molecule has 0 aromatic heterocycles. The number of carbonyl (C=O) groups excluding carboxylic acids is 1. The van der Waals surface area contributed by atoms with Gasteiger partial charge in [0.15, 0.2) is 6.10 Å². The minimum Gasteiger partial charge on any atom is -0.497 e. The smallest absolute Gasteiger partial charge is 0.264 e. The molecule has 0 bridgehead atoms. The van der Waals surface area contributed by atoms with E-state index in [0.29, 0.717) is 22.9 Å². The molecule has 1 heterocycles. The van der Waals surface area contributed by atoms with Gasteiger partial charge in [-0.3, -0.25) is 9.10 Å². The zero-order valence-electron chi connectivity index (χ0n) is 18.8. The van der Waals surface area contributed by atoms with E-state index in [2.05, 4.69) is 5.32 Å². The molecule has 2 unspecified atom stereocenters. The topological polar surface area (TPSA) is 84.9 Å². The van der Waals surface area contributed by atoms with Crippen molar-refractivity contribution < 1.29 is 22.7 Å². The Morgan fingerprint density at radius 2 is 1.79 bits per heavy atom. The lowest BCUT2D eigenvalue weighted by atomic mass is 10.0. The van der Waals surface area contributed by atoms with E-state index in [1.807, 2.05) is 31.2 Å². The summed E-state index contributed by atoms with van der Waals surface area (Å²) in [4.78, 5) is 13.3. The van der Waals surface area contributed by atoms with Gasteiger partial charge in [0, 0.05) is 5.02 Å². The Morgan fingerprint density at radius 1 is 1.12 bits per heavy atom. The number of nitrogens with zero attached hydrogens (tertiary/aromatic N) is 1. The zero-order valence-corrected chi connectivity index (χ0v) is 20.3. The highest BCUT2D eigenvalue weighted by atomic mass is 35.5. The largest absolute Gasteiger partial charge is 0.497 e. The van der Waals surface area contributed by atoms with E-state index in [9.17, 15) is 13.2 Å². The van der Waals surface area contributed by atoms with Crippen LogP contribution in [-0.2, 0) is 14.8 Å². The molecule has 0 saturated heterocycles. The van der Waals surface area contributed by atoms with E-state index in [-0.39, 0.29) is 17.5 Å². The maximum Gasteiger partial charge on any atom is 0.264 e. The molecule has 0 aliphatic carbocycles. The van der Waals surface area contributed by atoms with Crippen molar-refractivity contribution in [1.29, 1.82) is 0 Å².